The molecule has 0 spiro atoms. The number of aromatic nitrogens is 2. The summed E-state index contributed by atoms with van der Waals surface area (Å²) in [6, 6.07) is 0. The molecule has 1 aliphatic heterocycles. The van der Waals surface area contributed by atoms with Gasteiger partial charge >= 0.3 is 0 Å². The van der Waals surface area contributed by atoms with E-state index in [1.54, 1.807) is 12.4 Å². The normalized spacial score (nSPS) is 27.7. The molecule has 1 aromatic heterocycles. The largest absolute Gasteiger partial charge is 0.473 e. The molecule has 2 fully saturated rings. The van der Waals surface area contributed by atoms with Crippen LogP contribution in [0.4, 0.5) is 0 Å². The van der Waals surface area contributed by atoms with E-state index < -0.39 is 0 Å². The first-order valence-corrected chi connectivity index (χ1v) is 8.96. The fourth-order valence-electron chi connectivity index (χ4n) is 3.21. The van der Waals surface area contributed by atoms with Gasteiger partial charge in [-0.3, -0.25) is 0 Å². The van der Waals surface area contributed by atoms with Gasteiger partial charge in [0, 0.05) is 13.1 Å². The van der Waals surface area contributed by atoms with Gasteiger partial charge in [-0.1, -0.05) is 0 Å². The molecule has 0 amide bonds. The molecule has 0 bridgehead atoms. The maximum atomic E-state index is 6.28. The van der Waals surface area contributed by atoms with Crippen molar-refractivity contribution in [2.24, 2.45) is 0 Å². The lowest BCUT2D eigenvalue weighted by atomic mass is 9.94. The summed E-state index contributed by atoms with van der Waals surface area (Å²) >= 11 is 3.28. The first-order valence-electron chi connectivity index (χ1n) is 8.17. The van der Waals surface area contributed by atoms with Crippen molar-refractivity contribution in [2.45, 2.75) is 56.8 Å². The zero-order valence-corrected chi connectivity index (χ0v) is 14.7. The molecule has 3 rings (SSSR count). The Morgan fingerprint density at radius 1 is 0.955 bits per heavy atom. The van der Waals surface area contributed by atoms with Crippen LogP contribution in [-0.2, 0) is 4.74 Å². The van der Waals surface area contributed by atoms with Crippen LogP contribution >= 0.6 is 15.9 Å². The zero-order chi connectivity index (χ0) is 15.4. The van der Waals surface area contributed by atoms with E-state index >= 15 is 0 Å². The predicted molar refractivity (Wildman–Crippen MR) is 88.0 cm³/mol. The third-order valence-electron chi connectivity index (χ3n) is 4.56. The number of piperidine rings is 1. The van der Waals surface area contributed by atoms with E-state index in [2.05, 4.69) is 37.8 Å². The molecule has 1 aliphatic carbocycles. The van der Waals surface area contributed by atoms with Crippen LogP contribution in [0.2, 0.25) is 0 Å². The molecule has 0 radical (unpaired) electrons. The van der Waals surface area contributed by atoms with Crippen LogP contribution in [0.1, 0.15) is 38.5 Å². The summed E-state index contributed by atoms with van der Waals surface area (Å²) < 4.78 is 12.9. The van der Waals surface area contributed by atoms with Crippen molar-refractivity contribution in [3.63, 3.8) is 0 Å². The number of halogens is 1. The molecule has 6 heteroatoms. The topological polar surface area (TPSA) is 47.5 Å². The first kappa shape index (κ1) is 16.1. The van der Waals surface area contributed by atoms with E-state index in [1.165, 1.54) is 12.8 Å². The second-order valence-corrected chi connectivity index (χ2v) is 7.15. The summed E-state index contributed by atoms with van der Waals surface area (Å²) in [5, 5.41) is 0. The number of hydrogen-bond donors (Lipinski definition) is 0. The predicted octanol–water partition coefficient (Wildman–Crippen LogP) is 3.04. The highest BCUT2D eigenvalue weighted by molar-refractivity contribution is 9.10. The fourth-order valence-corrected chi connectivity index (χ4v) is 3.42. The van der Waals surface area contributed by atoms with E-state index in [-0.39, 0.29) is 6.10 Å². The molecule has 0 unspecified atom stereocenters. The molecule has 5 nitrogen and oxygen atoms in total. The van der Waals surface area contributed by atoms with E-state index in [9.17, 15) is 0 Å². The molecule has 2 aliphatic rings. The van der Waals surface area contributed by atoms with Crippen LogP contribution in [-0.4, -0.2) is 53.3 Å². The molecule has 22 heavy (non-hydrogen) atoms. The van der Waals surface area contributed by atoms with Crippen LogP contribution in [0.15, 0.2) is 17.0 Å². The third-order valence-corrected chi connectivity index (χ3v) is 4.97. The molecule has 2 heterocycles. The quantitative estimate of drug-likeness (QED) is 0.816. The molecule has 122 valence electrons. The van der Waals surface area contributed by atoms with Crippen molar-refractivity contribution in [2.75, 3.05) is 20.1 Å². The smallest absolute Gasteiger partial charge is 0.232 e. The molecule has 0 aromatic carbocycles. The van der Waals surface area contributed by atoms with Gasteiger partial charge in [0.25, 0.3) is 0 Å². The van der Waals surface area contributed by atoms with Crippen LogP contribution in [0.25, 0.3) is 0 Å². The Kier molecular flexibility index (Phi) is 5.66. The Morgan fingerprint density at radius 2 is 1.59 bits per heavy atom. The van der Waals surface area contributed by atoms with Gasteiger partial charge in [-0.2, -0.15) is 0 Å². The zero-order valence-electron chi connectivity index (χ0n) is 13.1. The Morgan fingerprint density at radius 3 is 2.23 bits per heavy atom. The number of nitrogens with zero attached hydrogens (tertiary/aromatic N) is 3. The van der Waals surface area contributed by atoms with Gasteiger partial charge in [0.05, 0.1) is 24.6 Å². The monoisotopic (exact) mass is 369 g/mol. The molecule has 0 N–H and O–H groups in total. The molecule has 1 saturated heterocycles. The van der Waals surface area contributed by atoms with Gasteiger partial charge < -0.3 is 14.4 Å². The van der Waals surface area contributed by atoms with Gasteiger partial charge in [0.15, 0.2) is 0 Å². The highest BCUT2D eigenvalue weighted by atomic mass is 79.9. The lowest BCUT2D eigenvalue weighted by Crippen LogP contribution is -2.37. The summed E-state index contributed by atoms with van der Waals surface area (Å²) in [4.78, 5) is 10.7. The number of rotatable bonds is 4. The second-order valence-electron chi connectivity index (χ2n) is 6.33. The van der Waals surface area contributed by atoms with Crippen molar-refractivity contribution < 1.29 is 9.47 Å². The average molecular weight is 370 g/mol. The van der Waals surface area contributed by atoms with Gasteiger partial charge in [0.1, 0.15) is 10.7 Å². The van der Waals surface area contributed by atoms with Crippen LogP contribution in [0.3, 0.4) is 0 Å². The van der Waals surface area contributed by atoms with Crippen molar-refractivity contribution in [3.05, 3.63) is 17.0 Å². The van der Waals surface area contributed by atoms with Crippen LogP contribution in [0.5, 0.6) is 5.88 Å². The number of hydrogen-bond acceptors (Lipinski definition) is 5. The SMILES string of the molecule is CN1CCC(O[C@H]2CC[C@H](Oc3cnc(Br)cn3)CC2)CC1. The minimum absolute atomic E-state index is 0.243. The maximum absolute atomic E-state index is 6.28. The standard InChI is InChI=1S/C16H24BrN3O2/c1-20-8-6-14(7-9-20)21-12-2-4-13(5-3-12)22-16-11-18-15(17)10-19-16/h10-14H,2-9H2,1H3/t12-,13-. The second kappa shape index (κ2) is 7.70. The van der Waals surface area contributed by atoms with Gasteiger partial charge in [0.2, 0.25) is 5.88 Å². The molecule has 0 atom stereocenters. The minimum Gasteiger partial charge on any atom is -0.473 e. The summed E-state index contributed by atoms with van der Waals surface area (Å²) in [5.74, 6) is 0.614. The molecular formula is C16H24BrN3O2. The molecule has 1 aromatic rings. The summed E-state index contributed by atoms with van der Waals surface area (Å²) in [6.07, 6.45) is 11.0. The summed E-state index contributed by atoms with van der Waals surface area (Å²) in [7, 11) is 2.18. The van der Waals surface area contributed by atoms with Crippen molar-refractivity contribution >= 4 is 15.9 Å². The van der Waals surface area contributed by atoms with Gasteiger partial charge in [-0.15, -0.1) is 0 Å². The van der Waals surface area contributed by atoms with Crippen molar-refractivity contribution in [1.82, 2.24) is 14.9 Å². The highest BCUT2D eigenvalue weighted by Crippen LogP contribution is 2.27. The Bertz CT molecular complexity index is 455. The lowest BCUT2D eigenvalue weighted by molar-refractivity contribution is -0.0646. The maximum Gasteiger partial charge on any atom is 0.232 e. The lowest BCUT2D eigenvalue weighted by Gasteiger charge is -2.34. The van der Waals surface area contributed by atoms with Crippen LogP contribution in [0, 0.1) is 0 Å². The molecular weight excluding hydrogens is 346 g/mol. The van der Waals surface area contributed by atoms with E-state index in [0.717, 1.165) is 43.4 Å². The minimum atomic E-state index is 0.243. The number of likely N-dealkylation sites (tertiary alicyclic amines) is 1. The van der Waals surface area contributed by atoms with Gasteiger partial charge in [-0.25, -0.2) is 9.97 Å². The Labute approximate surface area is 140 Å². The van der Waals surface area contributed by atoms with E-state index in [1.807, 2.05) is 0 Å². The van der Waals surface area contributed by atoms with Crippen molar-refractivity contribution in [1.29, 1.82) is 0 Å². The van der Waals surface area contributed by atoms with E-state index in [4.69, 9.17) is 9.47 Å². The Balaban J connectivity index is 1.39. The highest BCUT2D eigenvalue weighted by Gasteiger charge is 2.27. The average Bonchev–Trinajstić information content (AvgIpc) is 2.54. The molecule has 1 saturated carbocycles. The first-order chi connectivity index (χ1) is 10.7. The van der Waals surface area contributed by atoms with Crippen LogP contribution < -0.4 is 4.74 Å². The van der Waals surface area contributed by atoms with Gasteiger partial charge in [-0.05, 0) is 61.5 Å². The fraction of sp³-hybridized carbons (Fsp3) is 0.750. The third kappa shape index (κ3) is 4.64. The summed E-state index contributed by atoms with van der Waals surface area (Å²) in [6.45, 7) is 2.32. The Hall–Kier alpha value is -0.720. The number of ether oxygens (including phenoxy) is 2. The van der Waals surface area contributed by atoms with Crippen molar-refractivity contribution in [3.8, 4) is 5.88 Å². The van der Waals surface area contributed by atoms with E-state index in [0.29, 0.717) is 18.1 Å². The summed E-state index contributed by atoms with van der Waals surface area (Å²) in [5.41, 5.74) is 0.